The van der Waals surface area contributed by atoms with Gasteiger partial charge in [0.15, 0.2) is 0 Å². The molecule has 2 heterocycles. The van der Waals surface area contributed by atoms with E-state index in [0.29, 0.717) is 5.92 Å². The number of amidine groups is 1. The number of ether oxygens (including phenoxy) is 1. The first-order valence-corrected chi connectivity index (χ1v) is 10.0. The molecule has 2 aromatic rings. The van der Waals surface area contributed by atoms with Gasteiger partial charge in [-0.2, -0.15) is 10.8 Å². The van der Waals surface area contributed by atoms with Crippen LogP contribution in [0, 0.1) is 0 Å². The second kappa shape index (κ2) is 7.06. The van der Waals surface area contributed by atoms with Gasteiger partial charge in [0.1, 0.15) is 23.4 Å². The second-order valence-corrected chi connectivity index (χ2v) is 7.82. The predicted octanol–water partition coefficient (Wildman–Crippen LogP) is 5.32. The Bertz CT molecular complexity index is 1200. The summed E-state index contributed by atoms with van der Waals surface area (Å²) in [4.78, 5) is 9.15. The number of nitrogens with two attached hydrogens (primary N) is 1. The number of rotatable bonds is 5. The maximum atomic E-state index is 6.75. The number of benzene rings is 2. The fourth-order valence-electron chi connectivity index (χ4n) is 3.79. The summed E-state index contributed by atoms with van der Waals surface area (Å²) in [6, 6.07) is 16.1. The lowest BCUT2D eigenvalue weighted by atomic mass is 10.0. The molecule has 0 spiro atoms. The smallest absolute Gasteiger partial charge is 0.265 e. The number of quaternary nitrogens is 1. The average Bonchev–Trinajstić information content (AvgIpc) is 3.00. The molecule has 3 aliphatic rings. The van der Waals surface area contributed by atoms with Crippen molar-refractivity contribution in [2.24, 2.45) is 15.8 Å². The molecule has 148 valence electrons. The normalized spacial score (nSPS) is 21.5. The van der Waals surface area contributed by atoms with Gasteiger partial charge >= 0.3 is 0 Å². The largest absolute Gasteiger partial charge is 0.457 e. The molecule has 2 N–H and O–H groups in total. The predicted molar refractivity (Wildman–Crippen MR) is 120 cm³/mol. The number of aliphatic imine (C=N–C) groups is 2. The molecule has 0 bridgehead atoms. The van der Waals surface area contributed by atoms with E-state index in [4.69, 9.17) is 15.6 Å². The van der Waals surface area contributed by atoms with Crippen molar-refractivity contribution in [2.75, 3.05) is 0 Å². The molecular formula is C25H23N4O+. The third-order valence-corrected chi connectivity index (χ3v) is 5.50. The number of hydrogen-bond acceptors (Lipinski definition) is 4. The Labute approximate surface area is 176 Å². The van der Waals surface area contributed by atoms with Gasteiger partial charge in [0.25, 0.3) is 5.84 Å². The van der Waals surface area contributed by atoms with Crippen LogP contribution >= 0.6 is 0 Å². The summed E-state index contributed by atoms with van der Waals surface area (Å²) in [7, 11) is 0. The Balaban J connectivity index is 1.45. The van der Waals surface area contributed by atoms with Crippen molar-refractivity contribution in [1.82, 2.24) is 0 Å². The third-order valence-electron chi connectivity index (χ3n) is 5.50. The van der Waals surface area contributed by atoms with E-state index >= 15 is 0 Å². The van der Waals surface area contributed by atoms with Gasteiger partial charge < -0.3 is 4.74 Å². The van der Waals surface area contributed by atoms with Crippen LogP contribution in [0.15, 0.2) is 106 Å². The lowest BCUT2D eigenvalue weighted by molar-refractivity contribution is -0.750. The number of fused-ring (bicyclic) bond motifs is 1. The van der Waals surface area contributed by atoms with Crippen molar-refractivity contribution >= 4 is 12.1 Å². The molecule has 2 aromatic carbocycles. The number of nitrogens with zero attached hydrogens (tertiary/aromatic N) is 3. The Morgan fingerprint density at radius 2 is 1.80 bits per heavy atom. The quantitative estimate of drug-likeness (QED) is 0.550. The zero-order valence-corrected chi connectivity index (χ0v) is 17.0. The summed E-state index contributed by atoms with van der Waals surface area (Å²) >= 11 is 0. The van der Waals surface area contributed by atoms with Crippen LogP contribution in [-0.2, 0) is 0 Å². The molecule has 1 atom stereocenters. The first-order valence-electron chi connectivity index (χ1n) is 10.0. The van der Waals surface area contributed by atoms with Crippen LogP contribution < -0.4 is 10.6 Å². The molecule has 0 saturated carbocycles. The molecular weight excluding hydrogens is 372 g/mol. The zero-order chi connectivity index (χ0) is 20.7. The monoisotopic (exact) mass is 395 g/mol. The maximum absolute atomic E-state index is 6.75. The average molecular weight is 395 g/mol. The molecule has 1 unspecified atom stereocenters. The van der Waals surface area contributed by atoms with Gasteiger partial charge in [0, 0.05) is 5.57 Å². The van der Waals surface area contributed by atoms with Crippen LogP contribution in [0.5, 0.6) is 11.5 Å². The Hall–Kier alpha value is -3.54. The fraction of sp³-hybridized carbons (Fsp3) is 0.120. The number of para-hydroxylation sites is 1. The van der Waals surface area contributed by atoms with Crippen molar-refractivity contribution < 1.29 is 9.33 Å². The molecule has 5 nitrogen and oxygen atoms in total. The van der Waals surface area contributed by atoms with Gasteiger partial charge in [0.2, 0.25) is 5.70 Å². The van der Waals surface area contributed by atoms with Crippen LogP contribution in [-0.4, -0.2) is 16.6 Å². The number of allylic oxidation sites excluding steroid dienone is 4. The van der Waals surface area contributed by atoms with Crippen LogP contribution in [0.4, 0.5) is 0 Å². The molecule has 0 saturated heterocycles. The highest BCUT2D eigenvalue weighted by Gasteiger charge is 2.44. The second-order valence-electron chi connectivity index (χ2n) is 7.82. The van der Waals surface area contributed by atoms with Crippen LogP contribution in [0.2, 0.25) is 0 Å². The molecule has 1 aliphatic carbocycles. The minimum Gasteiger partial charge on any atom is -0.457 e. The standard InChI is InChI=1S/C25H23N4O/c1-17(2)21-8-3-4-9-23(21)30-20-12-10-19(11-13-20)25-28-24(18-6-5-7-18)22-16-27-14-15-29(22,25)26/h3-17H,26H2,1-2H3/q+1. The number of hydrogen-bond donors (Lipinski definition) is 1. The van der Waals surface area contributed by atoms with Gasteiger partial charge in [-0.1, -0.05) is 50.3 Å². The van der Waals surface area contributed by atoms with Crippen molar-refractivity contribution in [3.8, 4) is 11.5 Å². The maximum Gasteiger partial charge on any atom is 0.265 e. The first-order chi connectivity index (χ1) is 14.6. The lowest BCUT2D eigenvalue weighted by Crippen LogP contribution is -2.53. The molecule has 0 amide bonds. The summed E-state index contributed by atoms with van der Waals surface area (Å²) < 4.78 is 6.18. The van der Waals surface area contributed by atoms with E-state index in [1.54, 1.807) is 12.4 Å². The van der Waals surface area contributed by atoms with Crippen molar-refractivity contribution in [3.05, 3.63) is 107 Å². The van der Waals surface area contributed by atoms with Crippen LogP contribution in [0.3, 0.4) is 0 Å². The highest BCUT2D eigenvalue weighted by atomic mass is 16.5. The molecule has 5 rings (SSSR count). The summed E-state index contributed by atoms with van der Waals surface area (Å²) in [5, 5.41) is 0. The van der Waals surface area contributed by atoms with Crippen molar-refractivity contribution in [1.29, 1.82) is 0 Å². The van der Waals surface area contributed by atoms with E-state index in [9.17, 15) is 0 Å². The summed E-state index contributed by atoms with van der Waals surface area (Å²) in [6.07, 6.45) is 11.4. The van der Waals surface area contributed by atoms with Gasteiger partial charge in [-0.15, -0.1) is 4.59 Å². The first kappa shape index (κ1) is 18.5. The molecule has 0 aromatic heterocycles. The highest BCUT2D eigenvalue weighted by Crippen LogP contribution is 2.37. The molecule has 30 heavy (non-hydrogen) atoms. The highest BCUT2D eigenvalue weighted by molar-refractivity contribution is 6.01. The zero-order valence-electron chi connectivity index (χ0n) is 17.0. The van der Waals surface area contributed by atoms with E-state index < -0.39 is 0 Å². The summed E-state index contributed by atoms with van der Waals surface area (Å²) in [5.74, 6) is 9.56. The Morgan fingerprint density at radius 1 is 1.03 bits per heavy atom. The fourth-order valence-corrected chi connectivity index (χ4v) is 3.79. The minimum absolute atomic E-state index is 0.0143. The minimum atomic E-state index is 0.0143. The van der Waals surface area contributed by atoms with E-state index in [2.05, 4.69) is 24.9 Å². The molecule has 0 radical (unpaired) electrons. The van der Waals surface area contributed by atoms with E-state index in [1.807, 2.05) is 66.9 Å². The molecule has 5 heteroatoms. The van der Waals surface area contributed by atoms with Crippen molar-refractivity contribution in [2.45, 2.75) is 19.8 Å². The van der Waals surface area contributed by atoms with Crippen molar-refractivity contribution in [3.63, 3.8) is 0 Å². The van der Waals surface area contributed by atoms with Crippen LogP contribution in [0.25, 0.3) is 0 Å². The van der Waals surface area contributed by atoms with E-state index in [1.165, 1.54) is 5.56 Å². The van der Waals surface area contributed by atoms with Gasteiger partial charge in [-0.3, -0.25) is 4.99 Å². The van der Waals surface area contributed by atoms with Gasteiger partial charge in [-0.05, 0) is 41.8 Å². The van der Waals surface area contributed by atoms with E-state index in [-0.39, 0.29) is 4.59 Å². The Morgan fingerprint density at radius 3 is 2.50 bits per heavy atom. The topological polar surface area (TPSA) is 60.0 Å². The summed E-state index contributed by atoms with van der Waals surface area (Å²) in [6.45, 7) is 4.33. The third kappa shape index (κ3) is 2.96. The Kier molecular flexibility index (Phi) is 4.35. The lowest BCUT2D eigenvalue weighted by Gasteiger charge is -2.26. The molecule has 2 aliphatic heterocycles. The van der Waals surface area contributed by atoms with Gasteiger partial charge in [-0.25, -0.2) is 0 Å². The SMILES string of the molecule is CC(C)c1ccccc1Oc1ccc(C2=NC(C3=CC=C3)=C3C=NC=C[N+]23N)cc1. The molecule has 0 fully saturated rings. The van der Waals surface area contributed by atoms with Crippen LogP contribution in [0.1, 0.15) is 30.9 Å². The van der Waals surface area contributed by atoms with Gasteiger partial charge in [0.05, 0.1) is 18.0 Å². The summed E-state index contributed by atoms with van der Waals surface area (Å²) in [5.41, 5.74) is 4.94. The van der Waals surface area contributed by atoms with E-state index in [0.717, 1.165) is 39.9 Å².